The highest BCUT2D eigenvalue weighted by Crippen LogP contribution is 2.40. The fraction of sp³-hybridized carbons (Fsp3) is 0.467. The van der Waals surface area contributed by atoms with Crippen LogP contribution in [0.3, 0.4) is 0 Å². The van der Waals surface area contributed by atoms with Crippen LogP contribution in [-0.2, 0) is 32.5 Å². The summed E-state index contributed by atoms with van der Waals surface area (Å²) in [4.78, 5) is 9.74. The molecular formula is C30H31F6N7. The van der Waals surface area contributed by atoms with Crippen molar-refractivity contribution < 1.29 is 26.3 Å². The first-order valence-corrected chi connectivity index (χ1v) is 14.2. The average molecular weight is 604 g/mol. The molecule has 0 atom stereocenters. The number of pyridine rings is 1. The number of nitrogens with zero attached hydrogens (tertiary/aromatic N) is 7. The lowest BCUT2D eigenvalue weighted by Crippen LogP contribution is -2.32. The molecule has 0 N–H and O–H groups in total. The molecule has 0 bridgehead atoms. The van der Waals surface area contributed by atoms with E-state index in [9.17, 15) is 26.3 Å². The Hall–Kier alpha value is -3.90. The van der Waals surface area contributed by atoms with Gasteiger partial charge in [0.15, 0.2) is 0 Å². The minimum atomic E-state index is -4.58. The quantitative estimate of drug-likeness (QED) is 0.183. The van der Waals surface area contributed by atoms with E-state index in [4.69, 9.17) is 4.98 Å². The average Bonchev–Trinajstić information content (AvgIpc) is 3.86. The number of hydrogen-bond donors (Lipinski definition) is 0. The summed E-state index contributed by atoms with van der Waals surface area (Å²) in [6.45, 7) is 3.09. The minimum Gasteiger partial charge on any atom is -0.356 e. The van der Waals surface area contributed by atoms with E-state index >= 15 is 0 Å². The normalized spacial score (nSPS) is 15.7. The van der Waals surface area contributed by atoms with Gasteiger partial charge in [0.2, 0.25) is 0 Å². The standard InChI is InChI=1S/C30H31F6N7/c1-18-10-21(12-24(11-18)29(31,32)33)16-43(28-38-40-41(2)39-28)17-23-13-22-4-3-5-25(30(34,35)36)26(22)37-27(23)42(14-19-6-7-19)15-20-8-9-20/h3-5,10-13,19-20H,6-9,14-17H2,1-2H3. The predicted octanol–water partition coefficient (Wildman–Crippen LogP) is 6.94. The van der Waals surface area contributed by atoms with Crippen molar-refractivity contribution in [3.05, 3.63) is 70.3 Å². The van der Waals surface area contributed by atoms with Gasteiger partial charge in [0.1, 0.15) is 5.82 Å². The Morgan fingerprint density at radius 1 is 0.860 bits per heavy atom. The molecule has 2 aliphatic carbocycles. The number of aromatic nitrogens is 5. The van der Waals surface area contributed by atoms with E-state index in [-0.39, 0.29) is 24.6 Å². The molecular weight excluding hydrogens is 572 g/mol. The van der Waals surface area contributed by atoms with Crippen molar-refractivity contribution in [2.75, 3.05) is 22.9 Å². The molecule has 2 aromatic carbocycles. The largest absolute Gasteiger partial charge is 0.418 e. The van der Waals surface area contributed by atoms with Crippen LogP contribution in [0.15, 0.2) is 42.5 Å². The topological polar surface area (TPSA) is 63.0 Å². The number of anilines is 2. The summed E-state index contributed by atoms with van der Waals surface area (Å²) in [6.07, 6.45) is -4.87. The van der Waals surface area contributed by atoms with Crippen LogP contribution in [-0.4, -0.2) is 38.3 Å². The highest BCUT2D eigenvalue weighted by atomic mass is 19.4. The van der Waals surface area contributed by atoms with Crippen molar-refractivity contribution in [2.45, 2.75) is 58.0 Å². The fourth-order valence-corrected chi connectivity index (χ4v) is 5.46. The lowest BCUT2D eigenvalue weighted by atomic mass is 10.0. The Bertz CT molecular complexity index is 1610. The lowest BCUT2D eigenvalue weighted by Gasteiger charge is -2.29. The third kappa shape index (κ3) is 6.86. The van der Waals surface area contributed by atoms with Crippen molar-refractivity contribution in [1.82, 2.24) is 25.2 Å². The molecule has 0 aliphatic heterocycles. The fourth-order valence-electron chi connectivity index (χ4n) is 5.46. The molecule has 2 fully saturated rings. The van der Waals surface area contributed by atoms with Gasteiger partial charge in [0, 0.05) is 37.1 Å². The highest BCUT2D eigenvalue weighted by molar-refractivity contribution is 5.85. The monoisotopic (exact) mass is 603 g/mol. The summed E-state index contributed by atoms with van der Waals surface area (Å²) < 4.78 is 83.1. The molecule has 2 aromatic heterocycles. The second kappa shape index (κ2) is 11.0. The maximum Gasteiger partial charge on any atom is 0.418 e. The summed E-state index contributed by atoms with van der Waals surface area (Å²) in [7, 11) is 1.58. The molecule has 6 rings (SSSR count). The number of benzene rings is 2. The Labute approximate surface area is 244 Å². The number of tetrazole rings is 1. The third-order valence-corrected chi connectivity index (χ3v) is 7.84. The Balaban J connectivity index is 1.45. The van der Waals surface area contributed by atoms with Crippen LogP contribution < -0.4 is 9.80 Å². The maximum absolute atomic E-state index is 14.0. The number of fused-ring (bicyclic) bond motifs is 1. The van der Waals surface area contributed by atoms with E-state index < -0.39 is 23.5 Å². The van der Waals surface area contributed by atoms with Crippen LogP contribution in [0.4, 0.5) is 38.1 Å². The van der Waals surface area contributed by atoms with Gasteiger partial charge >= 0.3 is 12.4 Å². The van der Waals surface area contributed by atoms with Gasteiger partial charge in [-0.25, -0.2) is 4.98 Å². The van der Waals surface area contributed by atoms with Gasteiger partial charge in [-0.15, -0.1) is 5.10 Å². The lowest BCUT2D eigenvalue weighted by molar-refractivity contribution is -0.138. The Kier molecular flexibility index (Phi) is 7.45. The van der Waals surface area contributed by atoms with Crippen LogP contribution in [0.1, 0.15) is 53.5 Å². The first-order chi connectivity index (χ1) is 20.3. The molecule has 0 amide bonds. The van der Waals surface area contributed by atoms with Crippen molar-refractivity contribution >= 4 is 22.7 Å². The molecule has 7 nitrogen and oxygen atoms in total. The van der Waals surface area contributed by atoms with Crippen molar-refractivity contribution in [3.8, 4) is 0 Å². The Morgan fingerprint density at radius 2 is 1.56 bits per heavy atom. The van der Waals surface area contributed by atoms with Crippen LogP contribution >= 0.6 is 0 Å². The molecule has 4 aromatic rings. The first kappa shape index (κ1) is 29.2. The van der Waals surface area contributed by atoms with Gasteiger partial charge in [0.25, 0.3) is 5.95 Å². The number of hydrogen-bond acceptors (Lipinski definition) is 6. The van der Waals surface area contributed by atoms with E-state index in [1.54, 1.807) is 37.1 Å². The summed E-state index contributed by atoms with van der Waals surface area (Å²) in [5.41, 5.74) is -0.205. The van der Waals surface area contributed by atoms with E-state index in [0.717, 1.165) is 43.9 Å². The molecule has 43 heavy (non-hydrogen) atoms. The zero-order valence-corrected chi connectivity index (χ0v) is 23.8. The smallest absolute Gasteiger partial charge is 0.356 e. The molecule has 2 saturated carbocycles. The number of aryl methyl sites for hydroxylation is 2. The number of rotatable bonds is 10. The van der Waals surface area contributed by atoms with Crippen LogP contribution in [0.2, 0.25) is 0 Å². The Morgan fingerprint density at radius 3 is 2.14 bits per heavy atom. The second-order valence-corrected chi connectivity index (χ2v) is 11.8. The zero-order valence-electron chi connectivity index (χ0n) is 23.8. The van der Waals surface area contributed by atoms with Crippen LogP contribution in [0.5, 0.6) is 0 Å². The zero-order chi connectivity index (χ0) is 30.5. The summed E-state index contributed by atoms with van der Waals surface area (Å²) in [6, 6.07) is 9.55. The van der Waals surface area contributed by atoms with E-state index in [0.29, 0.717) is 52.8 Å². The highest BCUT2D eigenvalue weighted by Gasteiger charge is 2.36. The number of halogens is 6. The van der Waals surface area contributed by atoms with Gasteiger partial charge in [-0.3, -0.25) is 0 Å². The number of alkyl halides is 6. The van der Waals surface area contributed by atoms with Crippen LogP contribution in [0.25, 0.3) is 10.9 Å². The molecule has 0 unspecified atom stereocenters. The molecule has 0 saturated heterocycles. The van der Waals surface area contributed by atoms with E-state index in [1.165, 1.54) is 10.9 Å². The van der Waals surface area contributed by atoms with E-state index in [2.05, 4.69) is 20.3 Å². The summed E-state index contributed by atoms with van der Waals surface area (Å²) in [5, 5.41) is 12.7. The second-order valence-electron chi connectivity index (χ2n) is 11.8. The molecule has 0 radical (unpaired) electrons. The molecule has 228 valence electrons. The minimum absolute atomic E-state index is 0.0156. The SMILES string of the molecule is Cc1cc(CN(Cc2cc3cccc(C(F)(F)F)c3nc2N(CC2CC2)CC2CC2)c2nnn(C)n2)cc(C(F)(F)F)c1. The third-order valence-electron chi connectivity index (χ3n) is 7.84. The molecule has 2 aliphatic rings. The first-order valence-electron chi connectivity index (χ1n) is 14.2. The molecule has 0 spiro atoms. The summed E-state index contributed by atoms with van der Waals surface area (Å²) >= 11 is 0. The summed E-state index contributed by atoms with van der Waals surface area (Å²) in [5.74, 6) is 1.54. The van der Waals surface area contributed by atoms with Gasteiger partial charge in [0.05, 0.1) is 23.7 Å². The predicted molar refractivity (Wildman–Crippen MR) is 149 cm³/mol. The van der Waals surface area contributed by atoms with Crippen molar-refractivity contribution in [2.24, 2.45) is 18.9 Å². The van der Waals surface area contributed by atoms with E-state index in [1.807, 2.05) is 0 Å². The molecule has 2 heterocycles. The van der Waals surface area contributed by atoms with Gasteiger partial charge in [-0.1, -0.05) is 28.9 Å². The number of para-hydroxylation sites is 1. The van der Waals surface area contributed by atoms with Crippen molar-refractivity contribution in [3.63, 3.8) is 0 Å². The van der Waals surface area contributed by atoms with Crippen molar-refractivity contribution in [1.29, 1.82) is 0 Å². The van der Waals surface area contributed by atoms with Crippen LogP contribution in [0, 0.1) is 18.8 Å². The van der Waals surface area contributed by atoms with Gasteiger partial charge in [-0.2, -0.15) is 31.1 Å². The maximum atomic E-state index is 14.0. The molecule has 13 heteroatoms. The van der Waals surface area contributed by atoms with Gasteiger partial charge in [-0.05, 0) is 79.5 Å². The van der Waals surface area contributed by atoms with Gasteiger partial charge < -0.3 is 9.80 Å².